The van der Waals surface area contributed by atoms with E-state index in [1.165, 1.54) is 42.5 Å². The summed E-state index contributed by atoms with van der Waals surface area (Å²) in [7, 11) is -3.43. The maximum atomic E-state index is 13.1. The fraction of sp³-hybridized carbons (Fsp3) is 0.188. The van der Waals surface area contributed by atoms with Crippen molar-refractivity contribution in [3.63, 3.8) is 0 Å². The largest absolute Gasteiger partial charge is 0.322 e. The van der Waals surface area contributed by atoms with E-state index in [2.05, 4.69) is 10.0 Å². The van der Waals surface area contributed by atoms with Crippen LogP contribution in [0, 0.1) is 5.82 Å². The van der Waals surface area contributed by atoms with Crippen molar-refractivity contribution in [2.45, 2.75) is 19.1 Å². The van der Waals surface area contributed by atoms with Gasteiger partial charge in [-0.2, -0.15) is 0 Å². The second-order valence-corrected chi connectivity index (χ2v) is 7.47. The molecule has 0 aliphatic rings. The van der Waals surface area contributed by atoms with E-state index in [-0.39, 0.29) is 0 Å². The Balaban J connectivity index is 2.09. The molecule has 0 fully saturated rings. The molecule has 2 aromatic rings. The van der Waals surface area contributed by atoms with Gasteiger partial charge in [-0.25, -0.2) is 12.8 Å². The minimum absolute atomic E-state index is 0.335. The Morgan fingerprint density at radius 2 is 1.70 bits per heavy atom. The molecule has 0 saturated heterocycles. The molecule has 0 aliphatic heterocycles. The van der Waals surface area contributed by atoms with Gasteiger partial charge in [0.05, 0.1) is 5.25 Å². The summed E-state index contributed by atoms with van der Waals surface area (Å²) < 4.78 is 39.0. The summed E-state index contributed by atoms with van der Waals surface area (Å²) in [6.45, 7) is 3.15. The average Bonchev–Trinajstić information content (AvgIpc) is 2.47. The Labute approximate surface area is 134 Å². The number of nitrogens with one attached hydrogen (secondary N) is 2. The Bertz CT molecular complexity index is 802. The summed E-state index contributed by atoms with van der Waals surface area (Å²) in [4.78, 5) is 12.1. The Morgan fingerprint density at radius 3 is 2.26 bits per heavy atom. The van der Waals surface area contributed by atoms with Crippen LogP contribution in [-0.2, 0) is 10.0 Å². The highest BCUT2D eigenvalue weighted by molar-refractivity contribution is 7.93. The van der Waals surface area contributed by atoms with Gasteiger partial charge in [-0.05, 0) is 56.3 Å². The molecule has 0 unspecified atom stereocenters. The zero-order chi connectivity index (χ0) is 17.0. The molecule has 0 radical (unpaired) electrons. The van der Waals surface area contributed by atoms with Gasteiger partial charge in [0.25, 0.3) is 5.91 Å². The van der Waals surface area contributed by atoms with Gasteiger partial charge in [0.15, 0.2) is 0 Å². The lowest BCUT2D eigenvalue weighted by atomic mass is 10.2. The molecular weight excluding hydrogens is 319 g/mol. The van der Waals surface area contributed by atoms with Crippen LogP contribution in [0.25, 0.3) is 0 Å². The van der Waals surface area contributed by atoms with E-state index in [9.17, 15) is 17.6 Å². The Hall–Kier alpha value is -2.41. The monoisotopic (exact) mass is 336 g/mol. The van der Waals surface area contributed by atoms with Crippen LogP contribution in [0.15, 0.2) is 48.5 Å². The van der Waals surface area contributed by atoms with Gasteiger partial charge in [0, 0.05) is 16.9 Å². The highest BCUT2D eigenvalue weighted by atomic mass is 32.2. The third-order valence-electron chi connectivity index (χ3n) is 3.11. The highest BCUT2D eigenvalue weighted by Gasteiger charge is 2.15. The zero-order valence-electron chi connectivity index (χ0n) is 12.7. The minimum atomic E-state index is -3.43. The molecule has 7 heteroatoms. The van der Waals surface area contributed by atoms with Gasteiger partial charge in [0.1, 0.15) is 5.82 Å². The molecule has 0 saturated carbocycles. The number of amides is 1. The molecule has 0 heterocycles. The van der Waals surface area contributed by atoms with Crippen LogP contribution in [0.2, 0.25) is 0 Å². The van der Waals surface area contributed by atoms with Gasteiger partial charge in [-0.3, -0.25) is 9.52 Å². The summed E-state index contributed by atoms with van der Waals surface area (Å²) in [5.41, 5.74) is 1.06. The second kappa shape index (κ2) is 6.78. The number of rotatable bonds is 5. The summed E-state index contributed by atoms with van der Waals surface area (Å²) in [5, 5.41) is 2.01. The van der Waals surface area contributed by atoms with Crippen molar-refractivity contribution in [2.75, 3.05) is 10.0 Å². The first-order valence-electron chi connectivity index (χ1n) is 6.96. The first-order chi connectivity index (χ1) is 10.8. The number of sulfonamides is 1. The summed E-state index contributed by atoms with van der Waals surface area (Å²) in [5.74, 6) is -0.852. The fourth-order valence-electron chi connectivity index (χ4n) is 1.74. The number of carbonyl (C=O) groups excluding carboxylic acids is 1. The van der Waals surface area contributed by atoms with E-state index in [1.54, 1.807) is 19.9 Å². The third kappa shape index (κ3) is 4.53. The van der Waals surface area contributed by atoms with Crippen LogP contribution in [0.1, 0.15) is 24.2 Å². The molecule has 0 bridgehead atoms. The van der Waals surface area contributed by atoms with Gasteiger partial charge in [-0.15, -0.1) is 0 Å². The van der Waals surface area contributed by atoms with Crippen LogP contribution >= 0.6 is 0 Å². The zero-order valence-corrected chi connectivity index (χ0v) is 13.5. The van der Waals surface area contributed by atoms with Gasteiger partial charge in [-0.1, -0.05) is 6.07 Å². The topological polar surface area (TPSA) is 75.3 Å². The van der Waals surface area contributed by atoms with E-state index in [0.717, 1.165) is 0 Å². The lowest BCUT2D eigenvalue weighted by molar-refractivity contribution is 0.102. The van der Waals surface area contributed by atoms with Crippen molar-refractivity contribution in [3.8, 4) is 0 Å². The SMILES string of the molecule is CC(C)S(=O)(=O)Nc1ccc(C(=O)Nc2cccc(F)c2)cc1. The van der Waals surface area contributed by atoms with Crippen LogP contribution in [0.5, 0.6) is 0 Å². The van der Waals surface area contributed by atoms with Gasteiger partial charge < -0.3 is 5.32 Å². The Kier molecular flexibility index (Phi) is 5.00. The number of hydrogen-bond acceptors (Lipinski definition) is 3. The van der Waals surface area contributed by atoms with Crippen molar-refractivity contribution < 1.29 is 17.6 Å². The summed E-state index contributed by atoms with van der Waals surface area (Å²) in [6.07, 6.45) is 0. The number of benzene rings is 2. The number of hydrogen-bond donors (Lipinski definition) is 2. The molecule has 0 atom stereocenters. The number of anilines is 2. The molecule has 0 aromatic heterocycles. The predicted octanol–water partition coefficient (Wildman–Crippen LogP) is 3.23. The molecule has 1 amide bonds. The number of carbonyl (C=O) groups is 1. The third-order valence-corrected chi connectivity index (χ3v) is 4.87. The van der Waals surface area contributed by atoms with Crippen LogP contribution in [0.3, 0.4) is 0 Å². The lowest BCUT2D eigenvalue weighted by Gasteiger charge is -2.11. The van der Waals surface area contributed by atoms with Crippen LogP contribution in [-0.4, -0.2) is 19.6 Å². The van der Waals surface area contributed by atoms with Crippen molar-refractivity contribution in [3.05, 3.63) is 59.9 Å². The van der Waals surface area contributed by atoms with E-state index < -0.39 is 27.0 Å². The van der Waals surface area contributed by atoms with E-state index in [4.69, 9.17) is 0 Å². The quantitative estimate of drug-likeness (QED) is 0.880. The van der Waals surface area contributed by atoms with Crippen molar-refractivity contribution in [1.82, 2.24) is 0 Å². The molecule has 2 aromatic carbocycles. The number of halogens is 1. The second-order valence-electron chi connectivity index (χ2n) is 5.24. The van der Waals surface area contributed by atoms with Crippen molar-refractivity contribution >= 4 is 27.3 Å². The average molecular weight is 336 g/mol. The van der Waals surface area contributed by atoms with E-state index >= 15 is 0 Å². The standard InChI is InChI=1S/C16H17FN2O3S/c1-11(2)23(21,22)19-14-8-6-12(7-9-14)16(20)18-15-5-3-4-13(17)10-15/h3-11,19H,1-2H3,(H,18,20). The van der Waals surface area contributed by atoms with Crippen molar-refractivity contribution in [2.24, 2.45) is 0 Å². The van der Waals surface area contributed by atoms with Gasteiger partial charge in [0.2, 0.25) is 10.0 Å². The van der Waals surface area contributed by atoms with Gasteiger partial charge >= 0.3 is 0 Å². The molecular formula is C16H17FN2O3S. The summed E-state index contributed by atoms with van der Waals surface area (Å²) in [6, 6.07) is 11.6. The smallest absolute Gasteiger partial charge is 0.255 e. The molecule has 122 valence electrons. The first-order valence-corrected chi connectivity index (χ1v) is 8.51. The Morgan fingerprint density at radius 1 is 1.04 bits per heavy atom. The lowest BCUT2D eigenvalue weighted by Crippen LogP contribution is -2.22. The molecule has 5 nitrogen and oxygen atoms in total. The summed E-state index contributed by atoms with van der Waals surface area (Å²) >= 11 is 0. The predicted molar refractivity (Wildman–Crippen MR) is 88.5 cm³/mol. The highest BCUT2D eigenvalue weighted by Crippen LogP contribution is 2.15. The maximum absolute atomic E-state index is 13.1. The molecule has 0 aliphatic carbocycles. The van der Waals surface area contributed by atoms with Crippen LogP contribution in [0.4, 0.5) is 15.8 Å². The fourth-order valence-corrected chi connectivity index (χ4v) is 2.44. The van der Waals surface area contributed by atoms with Crippen molar-refractivity contribution in [1.29, 1.82) is 0 Å². The van der Waals surface area contributed by atoms with E-state index in [0.29, 0.717) is 16.9 Å². The molecule has 2 N–H and O–H groups in total. The van der Waals surface area contributed by atoms with Crippen LogP contribution < -0.4 is 10.0 Å². The molecule has 2 rings (SSSR count). The minimum Gasteiger partial charge on any atom is -0.322 e. The van der Waals surface area contributed by atoms with E-state index in [1.807, 2.05) is 0 Å². The maximum Gasteiger partial charge on any atom is 0.255 e. The molecule has 23 heavy (non-hydrogen) atoms. The first kappa shape index (κ1) is 17.0. The normalized spacial score (nSPS) is 11.3. The molecule has 0 spiro atoms.